The highest BCUT2D eigenvalue weighted by Crippen LogP contribution is 2.39. The maximum Gasteiger partial charge on any atom is 0.256 e. The number of rotatable bonds is 5. The molecule has 1 aliphatic heterocycles. The summed E-state index contributed by atoms with van der Waals surface area (Å²) in [5, 5.41) is 0. The van der Waals surface area contributed by atoms with Crippen LogP contribution in [0.15, 0.2) is 59.6 Å². The molecule has 4 rings (SSSR count). The highest BCUT2D eigenvalue weighted by atomic mass is 16.5. The smallest absolute Gasteiger partial charge is 0.256 e. The predicted octanol–water partition coefficient (Wildman–Crippen LogP) is 3.63. The van der Waals surface area contributed by atoms with E-state index in [0.717, 1.165) is 31.2 Å². The lowest BCUT2D eigenvalue weighted by Crippen LogP contribution is -2.42. The molecular formula is C22H22N2O3. The summed E-state index contributed by atoms with van der Waals surface area (Å²) < 4.78 is 5.16. The first-order chi connectivity index (χ1) is 13.1. The molecule has 1 spiro atoms. The quantitative estimate of drug-likeness (QED) is 0.763. The minimum absolute atomic E-state index is 0.0410. The van der Waals surface area contributed by atoms with Crippen LogP contribution in [0.4, 0.5) is 0 Å². The Bertz CT molecular complexity index is 882. The van der Waals surface area contributed by atoms with E-state index >= 15 is 0 Å². The van der Waals surface area contributed by atoms with Gasteiger partial charge in [0, 0.05) is 5.56 Å². The molecule has 2 aromatic rings. The Kier molecular flexibility index (Phi) is 4.52. The second kappa shape index (κ2) is 6.99. The van der Waals surface area contributed by atoms with Gasteiger partial charge in [0.05, 0.1) is 13.7 Å². The van der Waals surface area contributed by atoms with Crippen LogP contribution in [0.25, 0.3) is 0 Å². The summed E-state index contributed by atoms with van der Waals surface area (Å²) in [6.07, 6.45) is 3.38. The Morgan fingerprint density at radius 2 is 1.74 bits per heavy atom. The van der Waals surface area contributed by atoms with E-state index in [4.69, 9.17) is 9.73 Å². The third-order valence-corrected chi connectivity index (χ3v) is 5.39. The van der Waals surface area contributed by atoms with Crippen LogP contribution in [-0.4, -0.2) is 35.1 Å². The Morgan fingerprint density at radius 1 is 1.07 bits per heavy atom. The van der Waals surface area contributed by atoms with E-state index in [-0.39, 0.29) is 17.5 Å². The molecule has 27 heavy (non-hydrogen) atoms. The van der Waals surface area contributed by atoms with Gasteiger partial charge in [-0.15, -0.1) is 0 Å². The van der Waals surface area contributed by atoms with Crippen LogP contribution in [0.3, 0.4) is 0 Å². The van der Waals surface area contributed by atoms with Gasteiger partial charge in [-0.05, 0) is 42.7 Å². The van der Waals surface area contributed by atoms with Crippen molar-refractivity contribution in [3.8, 4) is 5.75 Å². The normalized spacial score (nSPS) is 18.0. The fourth-order valence-corrected chi connectivity index (χ4v) is 3.90. The van der Waals surface area contributed by atoms with Crippen molar-refractivity contribution in [3.05, 3.63) is 65.7 Å². The Balaban J connectivity index is 1.69. The number of Topliss-reactive ketones (excluding diaryl/α,β-unsaturated/α-hetero) is 1. The van der Waals surface area contributed by atoms with Gasteiger partial charge in [-0.2, -0.15) is 0 Å². The molecular weight excluding hydrogens is 340 g/mol. The lowest BCUT2D eigenvalue weighted by molar-refractivity contribution is -0.131. The van der Waals surface area contributed by atoms with Crippen LogP contribution in [0.5, 0.6) is 5.75 Å². The van der Waals surface area contributed by atoms with E-state index in [2.05, 4.69) is 0 Å². The molecule has 1 saturated carbocycles. The zero-order valence-electron chi connectivity index (χ0n) is 15.4. The number of methoxy groups -OCH3 is 1. The molecule has 5 nitrogen and oxygen atoms in total. The Morgan fingerprint density at radius 3 is 2.37 bits per heavy atom. The first kappa shape index (κ1) is 17.5. The molecule has 0 bridgehead atoms. The maximum absolute atomic E-state index is 13.2. The molecule has 0 atom stereocenters. The van der Waals surface area contributed by atoms with Crippen LogP contribution in [0.2, 0.25) is 0 Å². The van der Waals surface area contributed by atoms with Crippen LogP contribution in [0.1, 0.15) is 41.6 Å². The average molecular weight is 362 g/mol. The number of nitrogens with zero attached hydrogens (tertiary/aromatic N) is 2. The molecule has 2 aliphatic rings. The van der Waals surface area contributed by atoms with Gasteiger partial charge in [0.25, 0.3) is 5.91 Å². The fourth-order valence-electron chi connectivity index (χ4n) is 3.90. The van der Waals surface area contributed by atoms with Crippen molar-refractivity contribution in [2.45, 2.75) is 37.8 Å². The summed E-state index contributed by atoms with van der Waals surface area (Å²) in [5.41, 5.74) is 0.748. The summed E-state index contributed by atoms with van der Waals surface area (Å²) in [6, 6.07) is 16.7. The Labute approximate surface area is 158 Å². The van der Waals surface area contributed by atoms with Crippen LogP contribution in [0, 0.1) is 0 Å². The van der Waals surface area contributed by atoms with Gasteiger partial charge < -0.3 is 4.74 Å². The number of carbonyl (C=O) groups excluding carboxylic acids is 2. The molecule has 0 N–H and O–H groups in total. The molecule has 0 radical (unpaired) electrons. The van der Waals surface area contributed by atoms with E-state index in [1.807, 2.05) is 30.3 Å². The number of amides is 1. The standard InChI is InChI=1S/C22H22N2O3/c1-27-18-11-9-17(10-12-18)19(25)20-23-22(13-5-6-14-22)21(26)24(20)15-16-7-3-2-4-8-16/h2-4,7-12H,5-6,13-15H2,1H3. The zero-order valence-corrected chi connectivity index (χ0v) is 15.4. The Hall–Kier alpha value is -2.95. The van der Waals surface area contributed by atoms with Gasteiger partial charge in [0.1, 0.15) is 11.3 Å². The lowest BCUT2D eigenvalue weighted by atomic mass is 9.98. The molecule has 138 valence electrons. The monoisotopic (exact) mass is 362 g/mol. The first-order valence-electron chi connectivity index (χ1n) is 9.27. The molecule has 0 aromatic heterocycles. The van der Waals surface area contributed by atoms with E-state index in [1.54, 1.807) is 36.3 Å². The van der Waals surface area contributed by atoms with Crippen molar-refractivity contribution in [2.24, 2.45) is 4.99 Å². The molecule has 1 aliphatic carbocycles. The highest BCUT2D eigenvalue weighted by Gasteiger charge is 2.51. The number of hydrogen-bond acceptors (Lipinski definition) is 4. The maximum atomic E-state index is 13.2. The van der Waals surface area contributed by atoms with Crippen LogP contribution < -0.4 is 4.74 Å². The number of aliphatic imine (C=N–C) groups is 1. The van der Waals surface area contributed by atoms with E-state index < -0.39 is 5.54 Å². The minimum Gasteiger partial charge on any atom is -0.497 e. The van der Waals surface area contributed by atoms with E-state index in [0.29, 0.717) is 17.9 Å². The molecule has 0 saturated heterocycles. The number of carbonyl (C=O) groups is 2. The molecule has 2 aromatic carbocycles. The number of amidine groups is 1. The van der Waals surface area contributed by atoms with Crippen molar-refractivity contribution in [3.63, 3.8) is 0 Å². The summed E-state index contributed by atoms with van der Waals surface area (Å²) >= 11 is 0. The van der Waals surface area contributed by atoms with Gasteiger partial charge in [0.2, 0.25) is 5.78 Å². The summed E-state index contributed by atoms with van der Waals surface area (Å²) in [4.78, 5) is 32.7. The van der Waals surface area contributed by atoms with Crippen LogP contribution in [-0.2, 0) is 11.3 Å². The summed E-state index contributed by atoms with van der Waals surface area (Å²) in [7, 11) is 1.59. The molecule has 5 heteroatoms. The van der Waals surface area contributed by atoms with Crippen molar-refractivity contribution in [1.82, 2.24) is 4.90 Å². The van der Waals surface area contributed by atoms with Gasteiger partial charge in [-0.25, -0.2) is 4.99 Å². The molecule has 1 amide bonds. The number of benzene rings is 2. The van der Waals surface area contributed by atoms with Gasteiger partial charge in [-0.3, -0.25) is 14.5 Å². The summed E-state index contributed by atoms with van der Waals surface area (Å²) in [5.74, 6) is 0.687. The predicted molar refractivity (Wildman–Crippen MR) is 103 cm³/mol. The van der Waals surface area contributed by atoms with Gasteiger partial charge in [0.15, 0.2) is 5.84 Å². The molecule has 1 heterocycles. The third-order valence-electron chi connectivity index (χ3n) is 5.39. The molecule has 1 fully saturated rings. The first-order valence-corrected chi connectivity index (χ1v) is 9.27. The largest absolute Gasteiger partial charge is 0.497 e. The van der Waals surface area contributed by atoms with Gasteiger partial charge >= 0.3 is 0 Å². The van der Waals surface area contributed by atoms with E-state index in [1.165, 1.54) is 0 Å². The second-order valence-electron chi connectivity index (χ2n) is 7.11. The SMILES string of the molecule is COc1ccc(C(=O)C2=NC3(CCCC3)C(=O)N2Cc2ccccc2)cc1. The minimum atomic E-state index is -0.744. The highest BCUT2D eigenvalue weighted by molar-refractivity contribution is 6.48. The second-order valence-corrected chi connectivity index (χ2v) is 7.11. The topological polar surface area (TPSA) is 59.0 Å². The van der Waals surface area contributed by atoms with Crippen molar-refractivity contribution >= 4 is 17.5 Å². The lowest BCUT2D eigenvalue weighted by Gasteiger charge is -2.22. The summed E-state index contributed by atoms with van der Waals surface area (Å²) in [6.45, 7) is 0.363. The number of ether oxygens (including phenoxy) is 1. The fraction of sp³-hybridized carbons (Fsp3) is 0.318. The van der Waals surface area contributed by atoms with Crippen molar-refractivity contribution < 1.29 is 14.3 Å². The molecule has 0 unspecified atom stereocenters. The average Bonchev–Trinajstić information content (AvgIpc) is 3.29. The van der Waals surface area contributed by atoms with E-state index in [9.17, 15) is 9.59 Å². The van der Waals surface area contributed by atoms with Crippen molar-refractivity contribution in [2.75, 3.05) is 7.11 Å². The van der Waals surface area contributed by atoms with Crippen LogP contribution >= 0.6 is 0 Å². The third kappa shape index (κ3) is 3.14. The zero-order chi connectivity index (χ0) is 18.9. The van der Waals surface area contributed by atoms with Gasteiger partial charge in [-0.1, -0.05) is 43.2 Å². The van der Waals surface area contributed by atoms with Crippen molar-refractivity contribution in [1.29, 1.82) is 0 Å². The number of hydrogen-bond donors (Lipinski definition) is 0. The number of ketones is 1.